The standard InChI is InChI=1S/C19H26N4O3S/c1-14(24)23(10-15-3-8-27-13-15)16-9-19(16)4-6-22(7-5-19)11-18-20-17(12-25-2)21-26-18/h3,8,13,16H,4-7,9-12H2,1-2H3. The van der Waals surface area contributed by atoms with Crippen molar-refractivity contribution in [3.8, 4) is 0 Å². The van der Waals surface area contributed by atoms with E-state index in [-0.39, 0.29) is 5.91 Å². The highest BCUT2D eigenvalue weighted by atomic mass is 32.1. The fourth-order valence-corrected chi connectivity index (χ4v) is 4.87. The molecule has 1 saturated carbocycles. The van der Waals surface area contributed by atoms with Gasteiger partial charge >= 0.3 is 0 Å². The molecule has 0 bridgehead atoms. The van der Waals surface area contributed by atoms with Crippen LogP contribution < -0.4 is 0 Å². The molecule has 3 heterocycles. The molecule has 146 valence electrons. The van der Waals surface area contributed by atoms with Gasteiger partial charge in [0.1, 0.15) is 6.61 Å². The maximum absolute atomic E-state index is 12.2. The van der Waals surface area contributed by atoms with Crippen LogP contribution in [0.25, 0.3) is 0 Å². The van der Waals surface area contributed by atoms with Crippen LogP contribution >= 0.6 is 11.3 Å². The minimum Gasteiger partial charge on any atom is -0.377 e. The third-order valence-electron chi connectivity index (χ3n) is 5.85. The smallest absolute Gasteiger partial charge is 0.240 e. The summed E-state index contributed by atoms with van der Waals surface area (Å²) in [5.74, 6) is 1.42. The number of aromatic nitrogens is 2. The predicted molar refractivity (Wildman–Crippen MR) is 101 cm³/mol. The number of likely N-dealkylation sites (tertiary alicyclic amines) is 1. The van der Waals surface area contributed by atoms with Gasteiger partial charge in [-0.2, -0.15) is 16.3 Å². The Bertz CT molecular complexity index is 768. The van der Waals surface area contributed by atoms with Crippen LogP contribution in [0.4, 0.5) is 0 Å². The molecule has 1 saturated heterocycles. The SMILES string of the molecule is COCc1noc(CN2CCC3(CC2)CC3N(Cc2ccsc2)C(C)=O)n1. The first-order valence-corrected chi connectivity index (χ1v) is 10.3. The molecule has 1 aliphatic carbocycles. The molecule has 1 amide bonds. The van der Waals surface area contributed by atoms with E-state index in [1.54, 1.807) is 25.4 Å². The van der Waals surface area contributed by atoms with E-state index >= 15 is 0 Å². The molecule has 1 aliphatic heterocycles. The number of carbonyl (C=O) groups is 1. The molecule has 2 aromatic heterocycles. The van der Waals surface area contributed by atoms with E-state index in [4.69, 9.17) is 9.26 Å². The van der Waals surface area contributed by atoms with Crippen LogP contribution in [0.1, 0.15) is 43.5 Å². The third-order valence-corrected chi connectivity index (χ3v) is 6.59. The second-order valence-electron chi connectivity index (χ2n) is 7.67. The van der Waals surface area contributed by atoms with Crippen molar-refractivity contribution in [3.63, 3.8) is 0 Å². The van der Waals surface area contributed by atoms with Crippen LogP contribution in [-0.4, -0.2) is 52.1 Å². The van der Waals surface area contributed by atoms with Gasteiger partial charge in [0, 0.05) is 26.6 Å². The molecule has 0 aromatic carbocycles. The first kappa shape index (κ1) is 18.6. The highest BCUT2D eigenvalue weighted by Crippen LogP contribution is 2.57. The Morgan fingerprint density at radius 1 is 1.48 bits per heavy atom. The van der Waals surface area contributed by atoms with E-state index < -0.39 is 0 Å². The number of amides is 1. The van der Waals surface area contributed by atoms with Crippen LogP contribution in [0, 0.1) is 5.41 Å². The largest absolute Gasteiger partial charge is 0.377 e. The highest BCUT2D eigenvalue weighted by molar-refractivity contribution is 7.07. The van der Waals surface area contributed by atoms with Crippen LogP contribution in [0.5, 0.6) is 0 Å². The summed E-state index contributed by atoms with van der Waals surface area (Å²) < 4.78 is 10.3. The number of thiophene rings is 1. The minimum atomic E-state index is 0.182. The van der Waals surface area contributed by atoms with E-state index in [9.17, 15) is 4.79 Å². The number of hydrogen-bond donors (Lipinski definition) is 0. The Kier molecular flexibility index (Phi) is 5.29. The van der Waals surface area contributed by atoms with E-state index in [0.717, 1.165) is 38.9 Å². The average Bonchev–Trinajstić information content (AvgIpc) is 3.02. The summed E-state index contributed by atoms with van der Waals surface area (Å²) in [5.41, 5.74) is 1.53. The Morgan fingerprint density at radius 2 is 2.30 bits per heavy atom. The van der Waals surface area contributed by atoms with Gasteiger partial charge in [-0.3, -0.25) is 9.69 Å². The maximum atomic E-state index is 12.2. The van der Waals surface area contributed by atoms with E-state index in [0.29, 0.717) is 36.3 Å². The van der Waals surface area contributed by atoms with Crippen LogP contribution in [0.15, 0.2) is 21.3 Å². The number of piperidine rings is 1. The summed E-state index contributed by atoms with van der Waals surface area (Å²) in [7, 11) is 1.62. The Morgan fingerprint density at radius 3 is 2.96 bits per heavy atom. The quantitative estimate of drug-likeness (QED) is 0.724. The van der Waals surface area contributed by atoms with Gasteiger partial charge in [-0.25, -0.2) is 0 Å². The van der Waals surface area contributed by atoms with Crippen LogP contribution in [0.3, 0.4) is 0 Å². The van der Waals surface area contributed by atoms with Gasteiger partial charge in [-0.05, 0) is 60.2 Å². The van der Waals surface area contributed by atoms with Crippen molar-refractivity contribution in [2.75, 3.05) is 20.2 Å². The summed E-state index contributed by atoms with van der Waals surface area (Å²) in [4.78, 5) is 21.0. The number of rotatable bonds is 7. The lowest BCUT2D eigenvalue weighted by atomic mass is 9.92. The number of carbonyl (C=O) groups excluding carboxylic acids is 1. The Balaban J connectivity index is 1.31. The minimum absolute atomic E-state index is 0.182. The maximum Gasteiger partial charge on any atom is 0.240 e. The normalized spacial score (nSPS) is 21.5. The number of ether oxygens (including phenoxy) is 1. The summed E-state index contributed by atoms with van der Waals surface area (Å²) in [6, 6.07) is 2.49. The molecule has 0 N–H and O–H groups in total. The topological polar surface area (TPSA) is 71.7 Å². The van der Waals surface area contributed by atoms with E-state index in [1.807, 2.05) is 0 Å². The van der Waals surface area contributed by atoms with Gasteiger partial charge in [0.2, 0.25) is 11.8 Å². The second kappa shape index (κ2) is 7.69. The van der Waals surface area contributed by atoms with Gasteiger partial charge in [0.05, 0.1) is 6.54 Å². The zero-order valence-electron chi connectivity index (χ0n) is 15.9. The average molecular weight is 391 g/mol. The molecule has 1 atom stereocenters. The third kappa shape index (κ3) is 4.07. The monoisotopic (exact) mass is 390 g/mol. The summed E-state index contributed by atoms with van der Waals surface area (Å²) >= 11 is 1.69. The van der Waals surface area contributed by atoms with Gasteiger partial charge < -0.3 is 14.2 Å². The Labute approximate surface area is 163 Å². The fraction of sp³-hybridized carbons (Fsp3) is 0.632. The molecule has 7 nitrogen and oxygen atoms in total. The summed E-state index contributed by atoms with van der Waals surface area (Å²) in [6.07, 6.45) is 3.36. The van der Waals surface area contributed by atoms with Gasteiger partial charge in [-0.15, -0.1) is 0 Å². The molecule has 27 heavy (non-hydrogen) atoms. The van der Waals surface area contributed by atoms with Crippen molar-refractivity contribution in [1.82, 2.24) is 19.9 Å². The molecule has 1 unspecified atom stereocenters. The number of methoxy groups -OCH3 is 1. The first-order chi connectivity index (χ1) is 13.1. The van der Waals surface area contributed by atoms with Crippen LogP contribution in [0.2, 0.25) is 0 Å². The molecule has 0 radical (unpaired) electrons. The molecular weight excluding hydrogens is 364 g/mol. The predicted octanol–water partition coefficient (Wildman–Crippen LogP) is 2.68. The summed E-state index contributed by atoms with van der Waals surface area (Å²) in [6.45, 7) is 5.49. The lowest BCUT2D eigenvalue weighted by molar-refractivity contribution is -0.130. The second-order valence-corrected chi connectivity index (χ2v) is 8.45. The van der Waals surface area contributed by atoms with Crippen LogP contribution in [-0.2, 0) is 29.2 Å². The van der Waals surface area contributed by atoms with Crippen molar-refractivity contribution in [2.45, 2.75) is 51.9 Å². The van der Waals surface area contributed by atoms with Crippen molar-refractivity contribution < 1.29 is 14.1 Å². The van der Waals surface area contributed by atoms with Gasteiger partial charge in [-0.1, -0.05) is 5.16 Å². The molecule has 2 aromatic rings. The van der Waals surface area contributed by atoms with Crippen molar-refractivity contribution in [2.24, 2.45) is 5.41 Å². The molecule has 2 aliphatic rings. The van der Waals surface area contributed by atoms with Crippen molar-refractivity contribution in [3.05, 3.63) is 34.1 Å². The van der Waals surface area contributed by atoms with E-state index in [1.165, 1.54) is 5.56 Å². The molecule has 1 spiro atoms. The molecular formula is C19H26N4O3S. The lowest BCUT2D eigenvalue weighted by Gasteiger charge is -2.34. The van der Waals surface area contributed by atoms with Crippen molar-refractivity contribution >= 4 is 17.2 Å². The van der Waals surface area contributed by atoms with Gasteiger partial charge in [0.15, 0.2) is 5.82 Å². The zero-order valence-corrected chi connectivity index (χ0v) is 16.7. The van der Waals surface area contributed by atoms with Crippen molar-refractivity contribution in [1.29, 1.82) is 0 Å². The zero-order chi connectivity index (χ0) is 18.9. The number of hydrogen-bond acceptors (Lipinski definition) is 7. The summed E-state index contributed by atoms with van der Waals surface area (Å²) in [5, 5.41) is 8.13. The van der Waals surface area contributed by atoms with E-state index in [2.05, 4.69) is 36.8 Å². The molecule has 4 rings (SSSR count). The lowest BCUT2D eigenvalue weighted by Crippen LogP contribution is -2.39. The molecule has 8 heteroatoms. The fourth-order valence-electron chi connectivity index (χ4n) is 4.21. The first-order valence-electron chi connectivity index (χ1n) is 9.41. The number of nitrogens with zero attached hydrogens (tertiary/aromatic N) is 4. The highest BCUT2D eigenvalue weighted by Gasteiger charge is 2.58. The van der Waals surface area contributed by atoms with Gasteiger partial charge in [0.25, 0.3) is 0 Å². The Hall–Kier alpha value is -1.77. The molecule has 2 fully saturated rings.